The summed E-state index contributed by atoms with van der Waals surface area (Å²) < 4.78 is 32.3. The summed E-state index contributed by atoms with van der Waals surface area (Å²) in [6.07, 6.45) is 0.0515. The van der Waals surface area contributed by atoms with Crippen LogP contribution in [-0.2, 0) is 26.0 Å². The first-order valence-electron chi connectivity index (χ1n) is 8.70. The van der Waals surface area contributed by atoms with Gasteiger partial charge in [0.2, 0.25) is 15.9 Å². The van der Waals surface area contributed by atoms with Gasteiger partial charge < -0.3 is 10.1 Å². The molecule has 1 amide bonds. The van der Waals surface area contributed by atoms with Gasteiger partial charge in [0.15, 0.2) is 0 Å². The molecule has 1 aliphatic rings. The van der Waals surface area contributed by atoms with Crippen molar-refractivity contribution >= 4 is 44.8 Å². The van der Waals surface area contributed by atoms with Gasteiger partial charge >= 0.3 is 0 Å². The summed E-state index contributed by atoms with van der Waals surface area (Å²) in [6, 6.07) is 9.64. The van der Waals surface area contributed by atoms with Crippen LogP contribution in [0.4, 0.5) is 5.69 Å². The Balaban J connectivity index is 1.78. The Kier molecular flexibility index (Phi) is 6.62. The summed E-state index contributed by atoms with van der Waals surface area (Å²) >= 11 is 12.0. The Hall–Kier alpha value is -1.64. The molecule has 1 fully saturated rings. The molecule has 1 saturated heterocycles. The molecule has 0 saturated carbocycles. The van der Waals surface area contributed by atoms with Gasteiger partial charge in [0, 0.05) is 28.8 Å². The largest absolute Gasteiger partial charge is 0.379 e. The van der Waals surface area contributed by atoms with Crippen molar-refractivity contribution in [2.45, 2.75) is 18.2 Å². The molecule has 0 aromatic heterocycles. The van der Waals surface area contributed by atoms with Gasteiger partial charge in [0.05, 0.1) is 24.5 Å². The number of halogens is 2. The van der Waals surface area contributed by atoms with Crippen LogP contribution in [0.2, 0.25) is 10.0 Å². The van der Waals surface area contributed by atoms with Crippen molar-refractivity contribution in [3.8, 4) is 0 Å². The zero-order chi connectivity index (χ0) is 20.3. The number of amides is 1. The molecule has 6 nitrogen and oxygen atoms in total. The molecule has 2 aromatic rings. The van der Waals surface area contributed by atoms with Crippen molar-refractivity contribution in [1.82, 2.24) is 4.31 Å². The molecule has 0 bridgehead atoms. The number of carbonyl (C=O) groups excluding carboxylic acids is 1. The van der Waals surface area contributed by atoms with Crippen molar-refractivity contribution in [3.63, 3.8) is 0 Å². The Labute approximate surface area is 174 Å². The number of nitrogens with zero attached hydrogens (tertiary/aromatic N) is 1. The van der Waals surface area contributed by atoms with E-state index in [2.05, 4.69) is 5.32 Å². The van der Waals surface area contributed by atoms with Crippen LogP contribution in [0, 0.1) is 6.92 Å². The second-order valence-corrected chi connectivity index (χ2v) is 9.24. The second kappa shape index (κ2) is 8.80. The van der Waals surface area contributed by atoms with Gasteiger partial charge in [-0.2, -0.15) is 4.31 Å². The van der Waals surface area contributed by atoms with E-state index in [1.54, 1.807) is 37.3 Å². The molecule has 28 heavy (non-hydrogen) atoms. The maximum atomic E-state index is 12.8. The fraction of sp³-hybridized carbons (Fsp3) is 0.316. The molecule has 0 aliphatic carbocycles. The second-order valence-electron chi connectivity index (χ2n) is 6.45. The highest BCUT2D eigenvalue weighted by Gasteiger charge is 2.26. The molecule has 150 valence electrons. The van der Waals surface area contributed by atoms with Crippen LogP contribution < -0.4 is 5.32 Å². The number of anilines is 1. The van der Waals surface area contributed by atoms with Gasteiger partial charge in [-0.15, -0.1) is 0 Å². The number of nitrogens with one attached hydrogen (secondary N) is 1. The van der Waals surface area contributed by atoms with Crippen LogP contribution in [0.25, 0.3) is 0 Å². The lowest BCUT2D eigenvalue weighted by molar-refractivity contribution is -0.115. The smallest absolute Gasteiger partial charge is 0.243 e. The Morgan fingerprint density at radius 3 is 2.54 bits per heavy atom. The molecule has 0 spiro atoms. The number of carbonyl (C=O) groups is 1. The highest BCUT2D eigenvalue weighted by molar-refractivity contribution is 7.89. The average Bonchev–Trinajstić information content (AvgIpc) is 2.66. The zero-order valence-corrected chi connectivity index (χ0v) is 17.6. The van der Waals surface area contributed by atoms with E-state index in [4.69, 9.17) is 27.9 Å². The minimum Gasteiger partial charge on any atom is -0.379 e. The van der Waals surface area contributed by atoms with Crippen molar-refractivity contribution in [3.05, 3.63) is 57.6 Å². The van der Waals surface area contributed by atoms with Crippen molar-refractivity contribution in [2.24, 2.45) is 0 Å². The number of morpholine rings is 1. The van der Waals surface area contributed by atoms with Gasteiger partial charge in [0.1, 0.15) is 0 Å². The molecule has 9 heteroatoms. The number of ether oxygens (including phenoxy) is 1. The highest BCUT2D eigenvalue weighted by atomic mass is 35.5. The topological polar surface area (TPSA) is 75.7 Å². The number of rotatable bonds is 5. The van der Waals surface area contributed by atoms with Crippen LogP contribution in [0.3, 0.4) is 0 Å². The van der Waals surface area contributed by atoms with E-state index in [0.717, 1.165) is 5.56 Å². The molecular weight excluding hydrogens is 423 g/mol. The zero-order valence-electron chi connectivity index (χ0n) is 15.2. The predicted octanol–water partition coefficient (Wildman–Crippen LogP) is 3.50. The third-order valence-corrected chi connectivity index (χ3v) is 6.94. The Morgan fingerprint density at radius 1 is 1.14 bits per heavy atom. The van der Waals surface area contributed by atoms with Crippen LogP contribution in [-0.4, -0.2) is 44.9 Å². The van der Waals surface area contributed by atoms with Crippen molar-refractivity contribution in [2.75, 3.05) is 31.6 Å². The summed E-state index contributed by atoms with van der Waals surface area (Å²) in [5, 5.41) is 3.67. The first-order chi connectivity index (χ1) is 13.3. The molecule has 1 heterocycles. The van der Waals surface area contributed by atoms with Crippen LogP contribution in [0.5, 0.6) is 0 Å². The molecule has 3 rings (SSSR count). The first-order valence-corrected chi connectivity index (χ1v) is 10.9. The van der Waals surface area contributed by atoms with Crippen molar-refractivity contribution < 1.29 is 17.9 Å². The molecule has 0 radical (unpaired) electrons. The Morgan fingerprint density at radius 2 is 1.86 bits per heavy atom. The maximum absolute atomic E-state index is 12.8. The van der Waals surface area contributed by atoms with Gasteiger partial charge in [-0.05, 0) is 42.3 Å². The van der Waals surface area contributed by atoms with Crippen LogP contribution >= 0.6 is 23.2 Å². The van der Waals surface area contributed by atoms with E-state index >= 15 is 0 Å². The van der Waals surface area contributed by atoms with Gasteiger partial charge in [-0.3, -0.25) is 4.79 Å². The first kappa shape index (κ1) is 21.1. The minimum atomic E-state index is -3.64. The fourth-order valence-corrected chi connectivity index (χ4v) is 4.77. The predicted molar refractivity (Wildman–Crippen MR) is 110 cm³/mol. The molecule has 1 aliphatic heterocycles. The number of hydrogen-bond donors (Lipinski definition) is 1. The third-order valence-electron chi connectivity index (χ3n) is 4.46. The monoisotopic (exact) mass is 442 g/mol. The lowest BCUT2D eigenvalue weighted by Crippen LogP contribution is -2.40. The van der Waals surface area contributed by atoms with Gasteiger partial charge in [0.25, 0.3) is 0 Å². The quantitative estimate of drug-likeness (QED) is 0.768. The maximum Gasteiger partial charge on any atom is 0.243 e. The SMILES string of the molecule is Cc1ccc(S(=O)(=O)N2CCOCC2)cc1NC(=O)Cc1ccc(Cl)cc1Cl. The average molecular weight is 443 g/mol. The summed E-state index contributed by atoms with van der Waals surface area (Å²) in [5.74, 6) is -0.298. The standard InChI is InChI=1S/C19H20Cl2N2O4S/c1-13-2-5-16(28(25,26)23-6-8-27-9-7-23)12-18(13)22-19(24)10-14-3-4-15(20)11-17(14)21/h2-5,11-12H,6-10H2,1H3,(H,22,24). The lowest BCUT2D eigenvalue weighted by Gasteiger charge is -2.26. The summed E-state index contributed by atoms with van der Waals surface area (Å²) in [6.45, 7) is 3.17. The molecule has 0 atom stereocenters. The number of aryl methyl sites for hydroxylation is 1. The molecule has 0 unspecified atom stereocenters. The van der Waals surface area contributed by atoms with Gasteiger partial charge in [-0.1, -0.05) is 35.3 Å². The van der Waals surface area contributed by atoms with E-state index in [9.17, 15) is 13.2 Å². The van der Waals surface area contributed by atoms with E-state index in [1.165, 1.54) is 10.4 Å². The van der Waals surface area contributed by atoms with Crippen molar-refractivity contribution in [1.29, 1.82) is 0 Å². The molecule has 1 N–H and O–H groups in total. The minimum absolute atomic E-state index is 0.0515. The molecular formula is C19H20Cl2N2O4S. The number of hydrogen-bond acceptors (Lipinski definition) is 4. The van der Waals surface area contributed by atoms with E-state index < -0.39 is 10.0 Å². The number of sulfonamides is 1. The molecule has 2 aromatic carbocycles. The van der Waals surface area contributed by atoms with Gasteiger partial charge in [-0.25, -0.2) is 8.42 Å². The van der Waals surface area contributed by atoms with E-state index in [1.807, 2.05) is 0 Å². The summed E-state index contributed by atoms with van der Waals surface area (Å²) in [4.78, 5) is 12.6. The van der Waals surface area contributed by atoms with E-state index in [0.29, 0.717) is 47.6 Å². The highest BCUT2D eigenvalue weighted by Crippen LogP contribution is 2.25. The lowest BCUT2D eigenvalue weighted by atomic mass is 10.1. The third kappa shape index (κ3) is 4.85. The Bertz CT molecular complexity index is 989. The number of benzene rings is 2. The fourth-order valence-electron chi connectivity index (χ4n) is 2.86. The summed E-state index contributed by atoms with van der Waals surface area (Å²) in [7, 11) is -3.64. The van der Waals surface area contributed by atoms with Crippen LogP contribution in [0.1, 0.15) is 11.1 Å². The normalized spacial score (nSPS) is 15.4. The van der Waals surface area contributed by atoms with Crippen LogP contribution in [0.15, 0.2) is 41.3 Å². The van der Waals surface area contributed by atoms with E-state index in [-0.39, 0.29) is 17.2 Å². The summed E-state index contributed by atoms with van der Waals surface area (Å²) in [5.41, 5.74) is 1.85.